The van der Waals surface area contributed by atoms with Gasteiger partial charge in [-0.25, -0.2) is 0 Å². The van der Waals surface area contributed by atoms with Gasteiger partial charge in [0.25, 0.3) is 0 Å². The molecule has 0 amide bonds. The molecule has 0 saturated heterocycles. The Labute approximate surface area is 85.5 Å². The molecule has 0 radical (unpaired) electrons. The third kappa shape index (κ3) is 1.82. The molecule has 1 aliphatic rings. The number of hydrogen-bond acceptors (Lipinski definition) is 2. The minimum atomic E-state index is 0.380. The molecule has 3 heteroatoms. The first-order chi connectivity index (χ1) is 6.59. The van der Waals surface area contributed by atoms with Gasteiger partial charge in [0.05, 0.1) is 5.69 Å². The third-order valence-corrected chi connectivity index (χ3v) is 3.32. The summed E-state index contributed by atoms with van der Waals surface area (Å²) in [6.45, 7) is 5.28. The van der Waals surface area contributed by atoms with E-state index < -0.39 is 0 Å². The van der Waals surface area contributed by atoms with Gasteiger partial charge in [-0.1, -0.05) is 0 Å². The predicted octanol–water partition coefficient (Wildman–Crippen LogP) is 1.76. The van der Waals surface area contributed by atoms with Crippen LogP contribution in [0.1, 0.15) is 37.6 Å². The monoisotopic (exact) mass is 193 g/mol. The van der Waals surface area contributed by atoms with Crippen LogP contribution >= 0.6 is 0 Å². The fraction of sp³-hybridized carbons (Fsp3) is 0.727. The van der Waals surface area contributed by atoms with E-state index in [0.29, 0.717) is 5.54 Å². The van der Waals surface area contributed by atoms with Crippen molar-refractivity contribution in [1.29, 1.82) is 0 Å². The second-order valence-electron chi connectivity index (χ2n) is 4.67. The third-order valence-electron chi connectivity index (χ3n) is 3.32. The fourth-order valence-electron chi connectivity index (χ4n) is 1.91. The Hall–Kier alpha value is -0.830. The highest BCUT2D eigenvalue weighted by Gasteiger charge is 2.30. The molecule has 0 spiro atoms. The van der Waals surface area contributed by atoms with Crippen molar-refractivity contribution < 1.29 is 0 Å². The normalized spacial score (nSPS) is 19.4. The molecule has 1 aromatic rings. The van der Waals surface area contributed by atoms with Crippen molar-refractivity contribution in [3.8, 4) is 0 Å². The zero-order valence-electron chi connectivity index (χ0n) is 9.30. The Morgan fingerprint density at radius 1 is 1.57 bits per heavy atom. The SMILES string of the molecule is Cc1cc(CNC2(C)CCC2)nn1C. The molecule has 1 N–H and O–H groups in total. The van der Waals surface area contributed by atoms with Crippen molar-refractivity contribution >= 4 is 0 Å². The lowest BCUT2D eigenvalue weighted by molar-refractivity contribution is 0.206. The molecular weight excluding hydrogens is 174 g/mol. The lowest BCUT2D eigenvalue weighted by Crippen LogP contribution is -2.47. The van der Waals surface area contributed by atoms with Crippen LogP contribution in [0.4, 0.5) is 0 Å². The molecule has 1 aliphatic carbocycles. The summed E-state index contributed by atoms with van der Waals surface area (Å²) in [6.07, 6.45) is 3.97. The molecule has 78 valence electrons. The van der Waals surface area contributed by atoms with E-state index in [4.69, 9.17) is 0 Å². The van der Waals surface area contributed by atoms with Gasteiger partial charge < -0.3 is 5.32 Å². The second-order valence-corrected chi connectivity index (χ2v) is 4.67. The summed E-state index contributed by atoms with van der Waals surface area (Å²) in [5, 5.41) is 8.00. The van der Waals surface area contributed by atoms with Crippen LogP contribution in [0, 0.1) is 6.92 Å². The maximum atomic E-state index is 4.43. The predicted molar refractivity (Wildman–Crippen MR) is 57.0 cm³/mol. The van der Waals surface area contributed by atoms with E-state index in [1.165, 1.54) is 25.0 Å². The average molecular weight is 193 g/mol. The van der Waals surface area contributed by atoms with Gasteiger partial charge in [0.15, 0.2) is 0 Å². The standard InChI is InChI=1S/C11H19N3/c1-9-7-10(13-14(9)3)8-12-11(2)5-4-6-11/h7,12H,4-6,8H2,1-3H3. The van der Waals surface area contributed by atoms with Crippen LogP contribution in [-0.2, 0) is 13.6 Å². The summed E-state index contributed by atoms with van der Waals surface area (Å²) in [5.74, 6) is 0. The Morgan fingerprint density at radius 2 is 2.29 bits per heavy atom. The van der Waals surface area contributed by atoms with Crippen LogP contribution in [0.25, 0.3) is 0 Å². The molecule has 14 heavy (non-hydrogen) atoms. The molecule has 0 aromatic carbocycles. The van der Waals surface area contributed by atoms with E-state index in [1.54, 1.807) is 0 Å². The van der Waals surface area contributed by atoms with E-state index in [-0.39, 0.29) is 0 Å². The van der Waals surface area contributed by atoms with Gasteiger partial charge in [0, 0.05) is 24.8 Å². The van der Waals surface area contributed by atoms with Gasteiger partial charge >= 0.3 is 0 Å². The second kappa shape index (κ2) is 3.39. The van der Waals surface area contributed by atoms with Crippen LogP contribution < -0.4 is 5.32 Å². The smallest absolute Gasteiger partial charge is 0.0765 e. The number of aromatic nitrogens is 2. The van der Waals surface area contributed by atoms with E-state index >= 15 is 0 Å². The van der Waals surface area contributed by atoms with Gasteiger partial charge in [-0.05, 0) is 39.2 Å². The number of nitrogens with zero attached hydrogens (tertiary/aromatic N) is 2. The van der Waals surface area contributed by atoms with Gasteiger partial charge in [0.2, 0.25) is 0 Å². The van der Waals surface area contributed by atoms with Crippen molar-refractivity contribution in [3.05, 3.63) is 17.5 Å². The van der Waals surface area contributed by atoms with Crippen LogP contribution in [0.3, 0.4) is 0 Å². The molecule has 0 aliphatic heterocycles. The number of rotatable bonds is 3. The summed E-state index contributed by atoms with van der Waals surface area (Å²) >= 11 is 0. The van der Waals surface area contributed by atoms with Crippen molar-refractivity contribution in [2.45, 2.75) is 45.2 Å². The highest BCUT2D eigenvalue weighted by Crippen LogP contribution is 2.31. The molecule has 2 rings (SSSR count). The molecular formula is C11H19N3. The quantitative estimate of drug-likeness (QED) is 0.792. The highest BCUT2D eigenvalue weighted by atomic mass is 15.3. The first-order valence-corrected chi connectivity index (χ1v) is 5.34. The molecule has 0 atom stereocenters. The first kappa shape index (κ1) is 9.71. The van der Waals surface area contributed by atoms with Crippen molar-refractivity contribution in [3.63, 3.8) is 0 Å². The zero-order chi connectivity index (χ0) is 10.2. The highest BCUT2D eigenvalue weighted by molar-refractivity contribution is 5.09. The van der Waals surface area contributed by atoms with Gasteiger partial charge in [-0.15, -0.1) is 0 Å². The largest absolute Gasteiger partial charge is 0.306 e. The minimum absolute atomic E-state index is 0.380. The van der Waals surface area contributed by atoms with Crippen molar-refractivity contribution in [2.24, 2.45) is 7.05 Å². The van der Waals surface area contributed by atoms with Gasteiger partial charge in [-0.2, -0.15) is 5.10 Å². The summed E-state index contributed by atoms with van der Waals surface area (Å²) in [5.41, 5.74) is 2.75. The van der Waals surface area contributed by atoms with E-state index in [9.17, 15) is 0 Å². The number of aryl methyl sites for hydroxylation is 2. The van der Waals surface area contributed by atoms with E-state index in [1.807, 2.05) is 11.7 Å². The molecule has 1 heterocycles. The van der Waals surface area contributed by atoms with E-state index in [2.05, 4.69) is 30.3 Å². The molecule has 1 aromatic heterocycles. The molecule has 1 saturated carbocycles. The Kier molecular flexibility index (Phi) is 2.35. The van der Waals surface area contributed by atoms with Gasteiger partial charge in [-0.3, -0.25) is 4.68 Å². The van der Waals surface area contributed by atoms with Crippen LogP contribution in [-0.4, -0.2) is 15.3 Å². The minimum Gasteiger partial charge on any atom is -0.306 e. The van der Waals surface area contributed by atoms with Gasteiger partial charge in [0.1, 0.15) is 0 Å². The summed E-state index contributed by atoms with van der Waals surface area (Å²) < 4.78 is 1.93. The topological polar surface area (TPSA) is 29.9 Å². The van der Waals surface area contributed by atoms with Crippen LogP contribution in [0.2, 0.25) is 0 Å². The molecule has 0 bridgehead atoms. The van der Waals surface area contributed by atoms with E-state index in [0.717, 1.165) is 12.2 Å². The number of hydrogen-bond donors (Lipinski definition) is 1. The summed E-state index contributed by atoms with van der Waals surface area (Å²) in [4.78, 5) is 0. The maximum Gasteiger partial charge on any atom is 0.0765 e. The zero-order valence-corrected chi connectivity index (χ0v) is 9.30. The first-order valence-electron chi connectivity index (χ1n) is 5.34. The Bertz CT molecular complexity index is 304. The lowest BCUT2D eigenvalue weighted by atomic mass is 9.78. The fourth-order valence-corrected chi connectivity index (χ4v) is 1.91. The van der Waals surface area contributed by atoms with Crippen LogP contribution in [0.5, 0.6) is 0 Å². The summed E-state index contributed by atoms with van der Waals surface area (Å²) in [7, 11) is 1.99. The maximum absolute atomic E-state index is 4.43. The molecule has 0 unspecified atom stereocenters. The Morgan fingerprint density at radius 3 is 2.71 bits per heavy atom. The number of nitrogens with one attached hydrogen (secondary N) is 1. The van der Waals surface area contributed by atoms with Crippen molar-refractivity contribution in [2.75, 3.05) is 0 Å². The molecule has 3 nitrogen and oxygen atoms in total. The van der Waals surface area contributed by atoms with Crippen molar-refractivity contribution in [1.82, 2.24) is 15.1 Å². The Balaban J connectivity index is 1.91. The van der Waals surface area contributed by atoms with Crippen LogP contribution in [0.15, 0.2) is 6.07 Å². The average Bonchev–Trinajstić information content (AvgIpc) is 2.40. The molecule has 1 fully saturated rings. The lowest BCUT2D eigenvalue weighted by Gasteiger charge is -2.39. The summed E-state index contributed by atoms with van der Waals surface area (Å²) in [6, 6.07) is 2.15.